The van der Waals surface area contributed by atoms with Gasteiger partial charge in [0.15, 0.2) is 11.5 Å². The predicted octanol–water partition coefficient (Wildman–Crippen LogP) is 3.86. The van der Waals surface area contributed by atoms with Crippen molar-refractivity contribution < 1.29 is 18.7 Å². The zero-order chi connectivity index (χ0) is 13.2. The van der Waals surface area contributed by atoms with Crippen LogP contribution in [0.4, 0.5) is 4.39 Å². The third-order valence-corrected chi connectivity index (χ3v) is 2.87. The van der Waals surface area contributed by atoms with E-state index in [4.69, 9.17) is 9.15 Å². The molecule has 0 spiro atoms. The van der Waals surface area contributed by atoms with E-state index in [0.29, 0.717) is 11.3 Å². The number of phenolic OH excluding ortho intramolecular Hbond substituents is 1. The summed E-state index contributed by atoms with van der Waals surface area (Å²) in [4.78, 5) is 0. The van der Waals surface area contributed by atoms with Gasteiger partial charge in [0.05, 0.1) is 6.26 Å². The number of benzene rings is 2. The van der Waals surface area contributed by atoms with Crippen LogP contribution in [0.25, 0.3) is 11.0 Å². The van der Waals surface area contributed by atoms with Crippen LogP contribution in [0.15, 0.2) is 53.1 Å². The van der Waals surface area contributed by atoms with Crippen molar-refractivity contribution in [2.45, 2.75) is 6.61 Å². The minimum atomic E-state index is -0.338. The van der Waals surface area contributed by atoms with E-state index in [2.05, 4.69) is 0 Å². The molecule has 0 fully saturated rings. The van der Waals surface area contributed by atoms with Crippen LogP contribution in [-0.2, 0) is 6.61 Å². The molecular formula is C15H11FO3. The fourth-order valence-corrected chi connectivity index (χ4v) is 1.90. The number of hydrogen-bond acceptors (Lipinski definition) is 3. The summed E-state index contributed by atoms with van der Waals surface area (Å²) in [5, 5.41) is 10.4. The van der Waals surface area contributed by atoms with E-state index in [-0.39, 0.29) is 18.2 Å². The van der Waals surface area contributed by atoms with Gasteiger partial charge in [-0.2, -0.15) is 0 Å². The summed E-state index contributed by atoms with van der Waals surface area (Å²) >= 11 is 0. The minimum absolute atomic E-state index is 0.0846. The number of fused-ring (bicyclic) bond motifs is 1. The van der Waals surface area contributed by atoms with Gasteiger partial charge in [0.1, 0.15) is 18.0 Å². The molecule has 0 unspecified atom stereocenters. The molecule has 0 radical (unpaired) electrons. The highest BCUT2D eigenvalue weighted by atomic mass is 19.1. The van der Waals surface area contributed by atoms with Crippen LogP contribution in [0.2, 0.25) is 0 Å². The van der Waals surface area contributed by atoms with Gasteiger partial charge in [0.25, 0.3) is 0 Å². The first kappa shape index (κ1) is 11.6. The minimum Gasteiger partial charge on any atom is -0.504 e. The van der Waals surface area contributed by atoms with E-state index in [1.807, 2.05) is 0 Å². The summed E-state index contributed by atoms with van der Waals surface area (Å²) < 4.78 is 23.8. The molecule has 0 bridgehead atoms. The summed E-state index contributed by atoms with van der Waals surface area (Å²) in [7, 11) is 0. The monoisotopic (exact) mass is 258 g/mol. The predicted molar refractivity (Wildman–Crippen MR) is 68.6 cm³/mol. The van der Waals surface area contributed by atoms with Crippen molar-refractivity contribution in [2.75, 3.05) is 0 Å². The molecule has 0 aliphatic carbocycles. The molecule has 1 aromatic heterocycles. The second-order valence-electron chi connectivity index (χ2n) is 4.16. The molecule has 19 heavy (non-hydrogen) atoms. The SMILES string of the molecule is Oc1ccccc1OCc1coc2cc(F)ccc12. The van der Waals surface area contributed by atoms with Crippen molar-refractivity contribution in [3.05, 3.63) is 60.1 Å². The van der Waals surface area contributed by atoms with E-state index < -0.39 is 0 Å². The van der Waals surface area contributed by atoms with E-state index in [1.54, 1.807) is 30.3 Å². The van der Waals surface area contributed by atoms with Gasteiger partial charge in [-0.05, 0) is 24.3 Å². The highest BCUT2D eigenvalue weighted by Gasteiger charge is 2.08. The largest absolute Gasteiger partial charge is 0.504 e. The number of phenols is 1. The molecule has 4 heteroatoms. The van der Waals surface area contributed by atoms with E-state index in [9.17, 15) is 9.50 Å². The number of rotatable bonds is 3. The lowest BCUT2D eigenvalue weighted by molar-refractivity contribution is 0.289. The van der Waals surface area contributed by atoms with Crippen molar-refractivity contribution in [3.8, 4) is 11.5 Å². The van der Waals surface area contributed by atoms with E-state index in [1.165, 1.54) is 18.4 Å². The average Bonchev–Trinajstić information content (AvgIpc) is 2.80. The quantitative estimate of drug-likeness (QED) is 0.775. The number of furan rings is 1. The highest BCUT2D eigenvalue weighted by Crippen LogP contribution is 2.27. The van der Waals surface area contributed by atoms with Gasteiger partial charge in [-0.3, -0.25) is 0 Å². The number of ether oxygens (including phenoxy) is 1. The van der Waals surface area contributed by atoms with Gasteiger partial charge in [-0.25, -0.2) is 4.39 Å². The van der Waals surface area contributed by atoms with Crippen LogP contribution in [0.1, 0.15) is 5.56 Å². The Hall–Kier alpha value is -2.49. The van der Waals surface area contributed by atoms with Crippen LogP contribution in [0.5, 0.6) is 11.5 Å². The Morgan fingerprint density at radius 3 is 2.84 bits per heavy atom. The fourth-order valence-electron chi connectivity index (χ4n) is 1.90. The normalized spacial score (nSPS) is 10.8. The maximum atomic E-state index is 13.0. The van der Waals surface area contributed by atoms with Crippen LogP contribution in [-0.4, -0.2) is 5.11 Å². The smallest absolute Gasteiger partial charge is 0.161 e. The molecule has 3 nitrogen and oxygen atoms in total. The second kappa shape index (κ2) is 4.65. The Morgan fingerprint density at radius 1 is 1.16 bits per heavy atom. The molecule has 3 aromatic rings. The first-order valence-electron chi connectivity index (χ1n) is 5.80. The number of aromatic hydroxyl groups is 1. The third-order valence-electron chi connectivity index (χ3n) is 2.87. The first-order valence-corrected chi connectivity index (χ1v) is 5.80. The Bertz CT molecular complexity index is 718. The van der Waals surface area contributed by atoms with E-state index in [0.717, 1.165) is 10.9 Å². The zero-order valence-corrected chi connectivity index (χ0v) is 9.97. The molecule has 3 rings (SSSR count). The molecule has 2 aromatic carbocycles. The van der Waals surface area contributed by atoms with Crippen molar-refractivity contribution >= 4 is 11.0 Å². The van der Waals surface area contributed by atoms with Crippen LogP contribution >= 0.6 is 0 Å². The average molecular weight is 258 g/mol. The molecule has 96 valence electrons. The Morgan fingerprint density at radius 2 is 2.00 bits per heavy atom. The highest BCUT2D eigenvalue weighted by molar-refractivity contribution is 5.80. The van der Waals surface area contributed by atoms with Crippen molar-refractivity contribution in [1.29, 1.82) is 0 Å². The maximum absolute atomic E-state index is 13.0. The Labute approximate surface area is 108 Å². The molecule has 0 saturated carbocycles. The van der Waals surface area contributed by atoms with Gasteiger partial charge in [0.2, 0.25) is 0 Å². The van der Waals surface area contributed by atoms with Crippen molar-refractivity contribution in [3.63, 3.8) is 0 Å². The van der Waals surface area contributed by atoms with Gasteiger partial charge in [0, 0.05) is 17.0 Å². The zero-order valence-electron chi connectivity index (χ0n) is 9.97. The molecule has 0 atom stereocenters. The summed E-state index contributed by atoms with van der Waals surface area (Å²) in [6.45, 7) is 0.246. The fraction of sp³-hybridized carbons (Fsp3) is 0.0667. The summed E-state index contributed by atoms with van der Waals surface area (Å²) in [6, 6.07) is 11.1. The Balaban J connectivity index is 1.84. The second-order valence-corrected chi connectivity index (χ2v) is 4.16. The summed E-state index contributed by atoms with van der Waals surface area (Å²) in [5.74, 6) is 0.148. The first-order chi connectivity index (χ1) is 9.24. The molecular weight excluding hydrogens is 247 g/mol. The van der Waals surface area contributed by atoms with Crippen molar-refractivity contribution in [2.24, 2.45) is 0 Å². The lowest BCUT2D eigenvalue weighted by Crippen LogP contribution is -1.94. The van der Waals surface area contributed by atoms with Crippen LogP contribution in [0, 0.1) is 5.82 Å². The lowest BCUT2D eigenvalue weighted by Gasteiger charge is -2.06. The van der Waals surface area contributed by atoms with Crippen molar-refractivity contribution in [1.82, 2.24) is 0 Å². The Kier molecular flexibility index (Phi) is 2.83. The number of halogens is 1. The summed E-state index contributed by atoms with van der Waals surface area (Å²) in [6.07, 6.45) is 1.53. The third kappa shape index (κ3) is 2.25. The molecule has 1 heterocycles. The van der Waals surface area contributed by atoms with Gasteiger partial charge >= 0.3 is 0 Å². The number of para-hydroxylation sites is 2. The molecule has 1 N–H and O–H groups in total. The standard InChI is InChI=1S/C15H11FO3/c16-11-5-6-12-10(9-19-15(12)7-11)8-18-14-4-2-1-3-13(14)17/h1-7,9,17H,8H2. The lowest BCUT2D eigenvalue weighted by atomic mass is 10.2. The topological polar surface area (TPSA) is 42.6 Å². The van der Waals surface area contributed by atoms with Crippen LogP contribution in [0.3, 0.4) is 0 Å². The van der Waals surface area contributed by atoms with Gasteiger partial charge in [-0.15, -0.1) is 0 Å². The molecule has 0 aliphatic heterocycles. The number of hydrogen-bond donors (Lipinski definition) is 1. The molecule has 0 aliphatic rings. The van der Waals surface area contributed by atoms with Gasteiger partial charge < -0.3 is 14.3 Å². The summed E-state index contributed by atoms with van der Waals surface area (Å²) in [5.41, 5.74) is 1.29. The maximum Gasteiger partial charge on any atom is 0.161 e. The van der Waals surface area contributed by atoms with E-state index >= 15 is 0 Å². The molecule has 0 amide bonds. The molecule has 0 saturated heterocycles. The van der Waals surface area contributed by atoms with Crippen LogP contribution < -0.4 is 4.74 Å². The van der Waals surface area contributed by atoms with Gasteiger partial charge in [-0.1, -0.05) is 12.1 Å².